The summed E-state index contributed by atoms with van der Waals surface area (Å²) in [6.45, 7) is 1.35. The van der Waals surface area contributed by atoms with E-state index in [-0.39, 0.29) is 11.9 Å². The van der Waals surface area contributed by atoms with Crippen LogP contribution in [0, 0.1) is 0 Å². The van der Waals surface area contributed by atoms with Gasteiger partial charge in [0.05, 0.1) is 11.6 Å². The first kappa shape index (κ1) is 14.5. The lowest BCUT2D eigenvalue weighted by atomic mass is 10.0. The number of aromatic carboxylic acids is 1. The second-order valence-corrected chi connectivity index (χ2v) is 5.01. The molecule has 1 saturated heterocycles. The topological polar surface area (TPSA) is 78.4 Å². The van der Waals surface area contributed by atoms with Crippen LogP contribution in [0.25, 0.3) is 0 Å². The SMILES string of the molecule is O=C(O)c1ccccc1CCNC(=O)[C@H]1CCCCN1. The van der Waals surface area contributed by atoms with Crippen molar-refractivity contribution < 1.29 is 14.7 Å². The summed E-state index contributed by atoms with van der Waals surface area (Å²) in [5.74, 6) is -0.918. The van der Waals surface area contributed by atoms with Gasteiger partial charge in [-0.2, -0.15) is 0 Å². The molecule has 1 heterocycles. The molecule has 0 aromatic heterocycles. The molecule has 0 spiro atoms. The zero-order valence-electron chi connectivity index (χ0n) is 11.4. The summed E-state index contributed by atoms with van der Waals surface area (Å²) in [4.78, 5) is 23.0. The number of carbonyl (C=O) groups excluding carboxylic acids is 1. The van der Waals surface area contributed by atoms with Crippen molar-refractivity contribution in [3.63, 3.8) is 0 Å². The van der Waals surface area contributed by atoms with Gasteiger partial charge >= 0.3 is 5.97 Å². The summed E-state index contributed by atoms with van der Waals surface area (Å²) in [6, 6.07) is 6.79. The zero-order valence-corrected chi connectivity index (χ0v) is 11.4. The van der Waals surface area contributed by atoms with Crippen LogP contribution in [0.1, 0.15) is 35.2 Å². The van der Waals surface area contributed by atoms with Crippen molar-refractivity contribution in [2.75, 3.05) is 13.1 Å². The number of hydrogen-bond acceptors (Lipinski definition) is 3. The molecule has 0 unspecified atom stereocenters. The van der Waals surface area contributed by atoms with Gasteiger partial charge in [-0.25, -0.2) is 4.79 Å². The average molecular weight is 276 g/mol. The lowest BCUT2D eigenvalue weighted by Gasteiger charge is -2.22. The molecule has 0 radical (unpaired) electrons. The standard InChI is InChI=1S/C15H20N2O3/c18-14(13-7-3-4-9-16-13)17-10-8-11-5-1-2-6-12(11)15(19)20/h1-2,5-6,13,16H,3-4,7-10H2,(H,17,18)(H,19,20)/t13-/m1/s1. The number of carboxylic acid groups (broad SMARTS) is 1. The van der Waals surface area contributed by atoms with E-state index in [0.717, 1.165) is 31.4 Å². The van der Waals surface area contributed by atoms with Crippen LogP contribution < -0.4 is 10.6 Å². The fourth-order valence-electron chi connectivity index (χ4n) is 2.47. The number of rotatable bonds is 5. The normalized spacial score (nSPS) is 18.5. The first-order valence-corrected chi connectivity index (χ1v) is 7.01. The van der Waals surface area contributed by atoms with E-state index in [1.54, 1.807) is 18.2 Å². The fourth-order valence-corrected chi connectivity index (χ4v) is 2.47. The second kappa shape index (κ2) is 7.05. The van der Waals surface area contributed by atoms with Gasteiger partial charge in [-0.3, -0.25) is 4.79 Å². The van der Waals surface area contributed by atoms with Gasteiger partial charge < -0.3 is 15.7 Å². The Balaban J connectivity index is 1.83. The number of amides is 1. The van der Waals surface area contributed by atoms with Crippen molar-refractivity contribution in [1.29, 1.82) is 0 Å². The molecule has 3 N–H and O–H groups in total. The van der Waals surface area contributed by atoms with Gasteiger partial charge in [-0.15, -0.1) is 0 Å². The molecule has 5 nitrogen and oxygen atoms in total. The van der Waals surface area contributed by atoms with Crippen molar-refractivity contribution >= 4 is 11.9 Å². The summed E-state index contributed by atoms with van der Waals surface area (Å²) >= 11 is 0. The maximum atomic E-state index is 11.9. The summed E-state index contributed by atoms with van der Waals surface area (Å²) < 4.78 is 0. The van der Waals surface area contributed by atoms with E-state index in [1.165, 1.54) is 0 Å². The molecule has 1 aliphatic heterocycles. The molecule has 0 aliphatic carbocycles. The Morgan fingerprint density at radius 2 is 2.10 bits per heavy atom. The Kier molecular flexibility index (Phi) is 5.12. The van der Waals surface area contributed by atoms with E-state index in [9.17, 15) is 9.59 Å². The minimum Gasteiger partial charge on any atom is -0.478 e. The molecule has 1 atom stereocenters. The molecule has 1 amide bonds. The summed E-state index contributed by atoms with van der Waals surface area (Å²) in [5.41, 5.74) is 1.05. The third-order valence-electron chi connectivity index (χ3n) is 3.57. The predicted molar refractivity (Wildman–Crippen MR) is 75.8 cm³/mol. The second-order valence-electron chi connectivity index (χ2n) is 5.01. The molecule has 1 aromatic rings. The fraction of sp³-hybridized carbons (Fsp3) is 0.467. The highest BCUT2D eigenvalue weighted by molar-refractivity contribution is 5.89. The van der Waals surface area contributed by atoms with Crippen LogP contribution in [0.5, 0.6) is 0 Å². The third-order valence-corrected chi connectivity index (χ3v) is 3.57. The van der Waals surface area contributed by atoms with Crippen LogP contribution in [0.15, 0.2) is 24.3 Å². The maximum absolute atomic E-state index is 11.9. The van der Waals surface area contributed by atoms with Gasteiger partial charge in [0.25, 0.3) is 0 Å². The van der Waals surface area contributed by atoms with E-state index in [0.29, 0.717) is 18.5 Å². The molecule has 1 fully saturated rings. The molecule has 1 aliphatic rings. The summed E-state index contributed by atoms with van der Waals surface area (Å²) in [6.07, 6.45) is 3.60. The monoisotopic (exact) mass is 276 g/mol. The predicted octanol–water partition coefficient (Wildman–Crippen LogP) is 1.19. The number of nitrogens with one attached hydrogen (secondary N) is 2. The van der Waals surface area contributed by atoms with Crippen molar-refractivity contribution in [2.45, 2.75) is 31.7 Å². The van der Waals surface area contributed by atoms with E-state index < -0.39 is 5.97 Å². The van der Waals surface area contributed by atoms with Crippen molar-refractivity contribution in [3.05, 3.63) is 35.4 Å². The highest BCUT2D eigenvalue weighted by Crippen LogP contribution is 2.10. The van der Waals surface area contributed by atoms with Gasteiger partial charge in [-0.05, 0) is 37.4 Å². The van der Waals surface area contributed by atoms with Crippen LogP contribution >= 0.6 is 0 Å². The van der Waals surface area contributed by atoms with Crippen LogP contribution in [0.2, 0.25) is 0 Å². The number of hydrogen-bond donors (Lipinski definition) is 3. The van der Waals surface area contributed by atoms with E-state index in [4.69, 9.17) is 5.11 Å². The van der Waals surface area contributed by atoms with E-state index in [1.807, 2.05) is 6.07 Å². The third kappa shape index (κ3) is 3.81. The molecule has 1 aromatic carbocycles. The lowest BCUT2D eigenvalue weighted by Crippen LogP contribution is -2.47. The van der Waals surface area contributed by atoms with Gasteiger partial charge in [0.15, 0.2) is 0 Å². The minimum atomic E-state index is -0.930. The summed E-state index contributed by atoms with van der Waals surface area (Å²) in [7, 11) is 0. The molecule has 0 bridgehead atoms. The van der Waals surface area contributed by atoms with Gasteiger partial charge in [0.1, 0.15) is 0 Å². The number of piperidine rings is 1. The van der Waals surface area contributed by atoms with E-state index in [2.05, 4.69) is 10.6 Å². The van der Waals surface area contributed by atoms with Crippen LogP contribution in [0.3, 0.4) is 0 Å². The van der Waals surface area contributed by atoms with Gasteiger partial charge in [0, 0.05) is 6.54 Å². The molecule has 108 valence electrons. The smallest absolute Gasteiger partial charge is 0.335 e. The number of carboxylic acids is 1. The first-order chi connectivity index (χ1) is 9.68. The Labute approximate surface area is 118 Å². The lowest BCUT2D eigenvalue weighted by molar-refractivity contribution is -0.123. The highest BCUT2D eigenvalue weighted by atomic mass is 16.4. The molecular weight excluding hydrogens is 256 g/mol. The Morgan fingerprint density at radius 1 is 1.30 bits per heavy atom. The van der Waals surface area contributed by atoms with Gasteiger partial charge in [-0.1, -0.05) is 24.6 Å². The Hall–Kier alpha value is -1.88. The van der Waals surface area contributed by atoms with Crippen LogP contribution in [-0.2, 0) is 11.2 Å². The average Bonchev–Trinajstić information content (AvgIpc) is 2.48. The molecule has 20 heavy (non-hydrogen) atoms. The molecule has 0 saturated carbocycles. The highest BCUT2D eigenvalue weighted by Gasteiger charge is 2.19. The first-order valence-electron chi connectivity index (χ1n) is 7.01. The van der Waals surface area contributed by atoms with Crippen LogP contribution in [-0.4, -0.2) is 36.1 Å². The van der Waals surface area contributed by atoms with Crippen molar-refractivity contribution in [1.82, 2.24) is 10.6 Å². The zero-order chi connectivity index (χ0) is 14.4. The molecule has 5 heteroatoms. The Morgan fingerprint density at radius 3 is 2.80 bits per heavy atom. The number of benzene rings is 1. The number of carbonyl (C=O) groups is 2. The van der Waals surface area contributed by atoms with Crippen LogP contribution in [0.4, 0.5) is 0 Å². The quantitative estimate of drug-likeness (QED) is 0.754. The molecular formula is C15H20N2O3. The van der Waals surface area contributed by atoms with E-state index >= 15 is 0 Å². The maximum Gasteiger partial charge on any atom is 0.335 e. The van der Waals surface area contributed by atoms with Crippen molar-refractivity contribution in [3.8, 4) is 0 Å². The molecule has 2 rings (SSSR count). The largest absolute Gasteiger partial charge is 0.478 e. The van der Waals surface area contributed by atoms with Gasteiger partial charge in [0.2, 0.25) is 5.91 Å². The van der Waals surface area contributed by atoms with Crippen molar-refractivity contribution in [2.24, 2.45) is 0 Å². The summed E-state index contributed by atoms with van der Waals surface area (Å²) in [5, 5.41) is 15.1. The minimum absolute atomic E-state index is 0.0116. The Bertz CT molecular complexity index is 482.